The molecule has 0 aliphatic rings. The van der Waals surface area contributed by atoms with Crippen LogP contribution < -0.4 is 10.6 Å². The number of hydrogen-bond donors (Lipinski definition) is 2. The fraction of sp³-hybridized carbons (Fsp3) is 0.312. The molecule has 21 heavy (non-hydrogen) atoms. The molecule has 2 N–H and O–H groups in total. The summed E-state index contributed by atoms with van der Waals surface area (Å²) >= 11 is 0. The van der Waals surface area contributed by atoms with Crippen LogP contribution in [0.15, 0.2) is 30.0 Å². The van der Waals surface area contributed by atoms with Crippen molar-refractivity contribution >= 4 is 17.3 Å². The standard InChI is InChI=1S/C16H18N4O/c1-3-4-5-16(21)20-14-7-6-12(2)8-15(14)19-11-13(9-17)10-18/h6-8,11,19H,3-5H2,1-2H3,(H,20,21). The van der Waals surface area contributed by atoms with Crippen molar-refractivity contribution in [3.8, 4) is 12.1 Å². The number of aryl methyl sites for hydroxylation is 1. The number of nitriles is 2. The van der Waals surface area contributed by atoms with Gasteiger partial charge in [-0.15, -0.1) is 0 Å². The van der Waals surface area contributed by atoms with Gasteiger partial charge in [-0.1, -0.05) is 19.4 Å². The predicted molar refractivity (Wildman–Crippen MR) is 82.3 cm³/mol. The molecule has 1 aromatic carbocycles. The Hall–Kier alpha value is -2.79. The number of amides is 1. The lowest BCUT2D eigenvalue weighted by Gasteiger charge is -2.12. The maximum Gasteiger partial charge on any atom is 0.224 e. The quantitative estimate of drug-likeness (QED) is 0.782. The molecule has 0 saturated heterocycles. The smallest absolute Gasteiger partial charge is 0.224 e. The average molecular weight is 282 g/mol. The minimum absolute atomic E-state index is 0.0280. The van der Waals surface area contributed by atoms with E-state index in [9.17, 15) is 4.79 Å². The number of carbonyl (C=O) groups is 1. The highest BCUT2D eigenvalue weighted by molar-refractivity contribution is 5.94. The molecule has 0 aromatic heterocycles. The highest BCUT2D eigenvalue weighted by Gasteiger charge is 2.06. The van der Waals surface area contributed by atoms with Gasteiger partial charge in [0, 0.05) is 12.6 Å². The van der Waals surface area contributed by atoms with Crippen molar-refractivity contribution in [3.05, 3.63) is 35.5 Å². The fourth-order valence-electron chi connectivity index (χ4n) is 1.68. The Labute approximate surface area is 124 Å². The van der Waals surface area contributed by atoms with Gasteiger partial charge >= 0.3 is 0 Å². The molecule has 0 aliphatic heterocycles. The Morgan fingerprint density at radius 3 is 2.62 bits per heavy atom. The Kier molecular flexibility index (Phi) is 6.50. The number of unbranched alkanes of at least 4 members (excludes halogenated alkanes) is 1. The Balaban J connectivity index is 2.90. The third-order valence-electron chi connectivity index (χ3n) is 2.82. The van der Waals surface area contributed by atoms with Gasteiger partial charge in [0.15, 0.2) is 0 Å². The molecule has 1 aromatic rings. The van der Waals surface area contributed by atoms with E-state index in [1.54, 1.807) is 18.2 Å². The first-order chi connectivity index (χ1) is 10.1. The van der Waals surface area contributed by atoms with Crippen molar-refractivity contribution in [2.75, 3.05) is 10.6 Å². The van der Waals surface area contributed by atoms with Gasteiger partial charge in [0.25, 0.3) is 0 Å². The number of nitrogens with zero attached hydrogens (tertiary/aromatic N) is 2. The van der Waals surface area contributed by atoms with Gasteiger partial charge in [0.1, 0.15) is 17.7 Å². The van der Waals surface area contributed by atoms with Gasteiger partial charge in [-0.2, -0.15) is 10.5 Å². The second kappa shape index (κ2) is 8.39. The summed E-state index contributed by atoms with van der Waals surface area (Å²) in [4.78, 5) is 11.8. The first kappa shape index (κ1) is 16.3. The van der Waals surface area contributed by atoms with Gasteiger partial charge in [0.05, 0.1) is 11.4 Å². The highest BCUT2D eigenvalue weighted by atomic mass is 16.1. The van der Waals surface area contributed by atoms with Gasteiger partial charge in [-0.3, -0.25) is 4.79 Å². The Morgan fingerprint density at radius 1 is 1.29 bits per heavy atom. The van der Waals surface area contributed by atoms with Crippen LogP contribution in [0.1, 0.15) is 31.7 Å². The summed E-state index contributed by atoms with van der Waals surface area (Å²) in [6.45, 7) is 3.95. The zero-order valence-corrected chi connectivity index (χ0v) is 12.2. The lowest BCUT2D eigenvalue weighted by molar-refractivity contribution is -0.116. The summed E-state index contributed by atoms with van der Waals surface area (Å²) in [6, 6.07) is 9.08. The summed E-state index contributed by atoms with van der Waals surface area (Å²) in [6.07, 6.45) is 3.61. The number of nitrogens with one attached hydrogen (secondary N) is 2. The first-order valence-electron chi connectivity index (χ1n) is 6.78. The van der Waals surface area contributed by atoms with Crippen LogP contribution in [-0.2, 0) is 4.79 Å². The molecule has 0 radical (unpaired) electrons. The number of benzene rings is 1. The third kappa shape index (κ3) is 5.38. The molecule has 0 saturated carbocycles. The zero-order valence-electron chi connectivity index (χ0n) is 12.2. The molecule has 0 spiro atoms. The molecule has 1 rings (SSSR count). The first-order valence-corrected chi connectivity index (χ1v) is 6.78. The van der Waals surface area contributed by atoms with E-state index < -0.39 is 0 Å². The lowest BCUT2D eigenvalue weighted by atomic mass is 10.1. The molecule has 5 heteroatoms. The number of anilines is 2. The van der Waals surface area contributed by atoms with Gasteiger partial charge in [-0.05, 0) is 31.0 Å². The van der Waals surface area contributed by atoms with E-state index in [4.69, 9.17) is 10.5 Å². The zero-order chi connectivity index (χ0) is 15.7. The Bertz CT molecular complexity index is 604. The third-order valence-corrected chi connectivity index (χ3v) is 2.82. The molecule has 0 fully saturated rings. The number of hydrogen-bond acceptors (Lipinski definition) is 4. The molecule has 0 bridgehead atoms. The SMILES string of the molecule is CCCCC(=O)Nc1ccc(C)cc1NC=C(C#N)C#N. The van der Waals surface area contributed by atoms with Crippen LogP contribution in [0.25, 0.3) is 0 Å². The summed E-state index contributed by atoms with van der Waals surface area (Å²) in [5, 5.41) is 23.2. The monoisotopic (exact) mass is 282 g/mol. The molecular formula is C16H18N4O. The summed E-state index contributed by atoms with van der Waals surface area (Å²) in [5.74, 6) is -0.0477. The van der Waals surface area contributed by atoms with Crippen LogP contribution in [0.2, 0.25) is 0 Å². The molecule has 0 aliphatic carbocycles. The van der Waals surface area contributed by atoms with Crippen molar-refractivity contribution < 1.29 is 4.79 Å². The van der Waals surface area contributed by atoms with Gasteiger partial charge in [-0.25, -0.2) is 0 Å². The number of rotatable bonds is 6. The molecule has 0 atom stereocenters. The van der Waals surface area contributed by atoms with Crippen molar-refractivity contribution in [2.24, 2.45) is 0 Å². The Morgan fingerprint density at radius 2 is 2.00 bits per heavy atom. The van der Waals surface area contributed by atoms with E-state index in [1.807, 2.05) is 26.0 Å². The second-order valence-electron chi connectivity index (χ2n) is 4.63. The van der Waals surface area contributed by atoms with E-state index in [-0.39, 0.29) is 11.5 Å². The molecule has 0 unspecified atom stereocenters. The minimum atomic E-state index is -0.0477. The second-order valence-corrected chi connectivity index (χ2v) is 4.63. The topological polar surface area (TPSA) is 88.7 Å². The average Bonchev–Trinajstić information content (AvgIpc) is 2.48. The number of carbonyl (C=O) groups excluding carboxylic acids is 1. The van der Waals surface area contributed by atoms with Crippen LogP contribution in [0, 0.1) is 29.6 Å². The van der Waals surface area contributed by atoms with E-state index in [0.717, 1.165) is 18.4 Å². The highest BCUT2D eigenvalue weighted by Crippen LogP contribution is 2.23. The van der Waals surface area contributed by atoms with Crippen molar-refractivity contribution in [1.82, 2.24) is 0 Å². The lowest BCUT2D eigenvalue weighted by Crippen LogP contribution is -2.12. The van der Waals surface area contributed by atoms with Gasteiger partial charge in [0.2, 0.25) is 5.91 Å². The molecule has 5 nitrogen and oxygen atoms in total. The van der Waals surface area contributed by atoms with Gasteiger partial charge < -0.3 is 10.6 Å². The molecule has 0 heterocycles. The van der Waals surface area contributed by atoms with Crippen LogP contribution >= 0.6 is 0 Å². The normalized spacial score (nSPS) is 9.14. The van der Waals surface area contributed by atoms with Crippen LogP contribution in [-0.4, -0.2) is 5.91 Å². The van der Waals surface area contributed by atoms with Crippen LogP contribution in [0.4, 0.5) is 11.4 Å². The molecule has 1 amide bonds. The van der Waals surface area contributed by atoms with Crippen LogP contribution in [0.3, 0.4) is 0 Å². The summed E-state index contributed by atoms with van der Waals surface area (Å²) < 4.78 is 0. The van der Waals surface area contributed by atoms with Crippen LogP contribution in [0.5, 0.6) is 0 Å². The van der Waals surface area contributed by atoms with Crippen molar-refractivity contribution in [1.29, 1.82) is 10.5 Å². The largest absolute Gasteiger partial charge is 0.358 e. The van der Waals surface area contributed by atoms with Crippen molar-refractivity contribution in [3.63, 3.8) is 0 Å². The maximum absolute atomic E-state index is 11.8. The minimum Gasteiger partial charge on any atom is -0.358 e. The number of allylic oxidation sites excluding steroid dienone is 1. The summed E-state index contributed by atoms with van der Waals surface area (Å²) in [7, 11) is 0. The van der Waals surface area contributed by atoms with E-state index in [1.165, 1.54) is 6.20 Å². The predicted octanol–water partition coefficient (Wildman–Crippen LogP) is 3.47. The fourth-order valence-corrected chi connectivity index (χ4v) is 1.68. The van der Waals surface area contributed by atoms with E-state index in [0.29, 0.717) is 17.8 Å². The maximum atomic E-state index is 11.8. The molecule has 108 valence electrons. The van der Waals surface area contributed by atoms with E-state index >= 15 is 0 Å². The summed E-state index contributed by atoms with van der Waals surface area (Å²) in [5.41, 5.74) is 2.27. The van der Waals surface area contributed by atoms with E-state index in [2.05, 4.69) is 10.6 Å². The molecular weight excluding hydrogens is 264 g/mol. The van der Waals surface area contributed by atoms with Crippen molar-refractivity contribution in [2.45, 2.75) is 33.1 Å².